The van der Waals surface area contributed by atoms with Gasteiger partial charge in [-0.05, 0) is 24.1 Å². The topological polar surface area (TPSA) is 48.1 Å². The molecule has 0 aliphatic carbocycles. The van der Waals surface area contributed by atoms with Gasteiger partial charge in [0.25, 0.3) is 5.88 Å². The molecule has 2 N–H and O–H groups in total. The van der Waals surface area contributed by atoms with E-state index in [4.69, 9.17) is 10.5 Å². The van der Waals surface area contributed by atoms with Crippen molar-refractivity contribution in [2.75, 3.05) is 5.73 Å². The SMILES string of the molecule is CCc1ccc(Oc2nc(N)c(F)cc2F)cc1. The maximum absolute atomic E-state index is 13.4. The van der Waals surface area contributed by atoms with Gasteiger partial charge in [0.1, 0.15) is 5.75 Å². The van der Waals surface area contributed by atoms with Gasteiger partial charge in [0.05, 0.1) is 0 Å². The average Bonchev–Trinajstić information content (AvgIpc) is 2.37. The number of nitrogen functional groups attached to an aromatic ring is 1. The van der Waals surface area contributed by atoms with Gasteiger partial charge in [-0.25, -0.2) is 8.78 Å². The van der Waals surface area contributed by atoms with Crippen LogP contribution in [0, 0.1) is 11.6 Å². The van der Waals surface area contributed by atoms with Crippen molar-refractivity contribution in [1.29, 1.82) is 0 Å². The van der Waals surface area contributed by atoms with E-state index in [0.717, 1.165) is 12.0 Å². The highest BCUT2D eigenvalue weighted by atomic mass is 19.1. The second-order valence-corrected chi connectivity index (χ2v) is 3.74. The number of aromatic nitrogens is 1. The Bertz CT molecular complexity index is 556. The molecule has 0 aliphatic heterocycles. The van der Waals surface area contributed by atoms with Crippen LogP contribution in [-0.2, 0) is 6.42 Å². The Labute approximate surface area is 103 Å². The summed E-state index contributed by atoms with van der Waals surface area (Å²) in [6.07, 6.45) is 0.899. The quantitative estimate of drug-likeness (QED) is 0.909. The minimum Gasteiger partial charge on any atom is -0.436 e. The normalized spacial score (nSPS) is 10.4. The number of pyridine rings is 1. The zero-order valence-corrected chi connectivity index (χ0v) is 9.78. The Morgan fingerprint density at radius 1 is 1.17 bits per heavy atom. The standard InChI is InChI=1S/C13H12F2N2O/c1-2-8-3-5-9(6-4-8)18-13-11(15)7-10(14)12(16)17-13/h3-7H,2H2,1H3,(H2,16,17). The lowest BCUT2D eigenvalue weighted by atomic mass is 10.2. The average molecular weight is 250 g/mol. The third kappa shape index (κ3) is 2.56. The Kier molecular flexibility index (Phi) is 3.41. The smallest absolute Gasteiger partial charge is 0.258 e. The van der Waals surface area contributed by atoms with E-state index >= 15 is 0 Å². The fourth-order valence-corrected chi connectivity index (χ4v) is 1.44. The molecule has 1 aromatic heterocycles. The van der Waals surface area contributed by atoms with Crippen LogP contribution in [-0.4, -0.2) is 4.98 Å². The van der Waals surface area contributed by atoms with Gasteiger partial charge < -0.3 is 10.5 Å². The Balaban J connectivity index is 2.25. The summed E-state index contributed by atoms with van der Waals surface area (Å²) in [6, 6.07) is 7.76. The Hall–Kier alpha value is -2.17. The molecule has 0 saturated carbocycles. The lowest BCUT2D eigenvalue weighted by molar-refractivity contribution is 0.418. The number of nitrogens with zero attached hydrogens (tertiary/aromatic N) is 1. The maximum atomic E-state index is 13.4. The van der Waals surface area contributed by atoms with Crippen LogP contribution in [0.5, 0.6) is 11.6 Å². The molecule has 3 nitrogen and oxygen atoms in total. The van der Waals surface area contributed by atoms with Crippen molar-refractivity contribution < 1.29 is 13.5 Å². The van der Waals surface area contributed by atoms with Gasteiger partial charge in [-0.1, -0.05) is 19.1 Å². The molecule has 0 saturated heterocycles. The van der Waals surface area contributed by atoms with E-state index in [1.54, 1.807) is 12.1 Å². The first-order chi connectivity index (χ1) is 8.60. The molecule has 5 heteroatoms. The largest absolute Gasteiger partial charge is 0.436 e. The number of hydrogen-bond acceptors (Lipinski definition) is 3. The zero-order chi connectivity index (χ0) is 13.1. The Morgan fingerprint density at radius 2 is 1.83 bits per heavy atom. The minimum absolute atomic E-state index is 0.335. The molecule has 94 valence electrons. The minimum atomic E-state index is -0.902. The highest BCUT2D eigenvalue weighted by Crippen LogP contribution is 2.25. The van der Waals surface area contributed by atoms with Gasteiger partial charge in [0.2, 0.25) is 0 Å². The summed E-state index contributed by atoms with van der Waals surface area (Å²) >= 11 is 0. The molecule has 1 aromatic carbocycles. The summed E-state index contributed by atoms with van der Waals surface area (Å²) in [5.74, 6) is -2.10. The summed E-state index contributed by atoms with van der Waals surface area (Å²) in [4.78, 5) is 3.52. The molecule has 18 heavy (non-hydrogen) atoms. The highest BCUT2D eigenvalue weighted by Gasteiger charge is 2.11. The lowest BCUT2D eigenvalue weighted by Crippen LogP contribution is -2.00. The second kappa shape index (κ2) is 5.00. The molecule has 0 unspecified atom stereocenters. The van der Waals surface area contributed by atoms with Crippen LogP contribution >= 0.6 is 0 Å². The maximum Gasteiger partial charge on any atom is 0.258 e. The van der Waals surface area contributed by atoms with Crippen LogP contribution in [0.3, 0.4) is 0 Å². The van der Waals surface area contributed by atoms with E-state index < -0.39 is 17.5 Å². The number of nitrogens with two attached hydrogens (primary N) is 1. The van der Waals surface area contributed by atoms with Gasteiger partial charge in [-0.3, -0.25) is 0 Å². The summed E-state index contributed by atoms with van der Waals surface area (Å²) in [5, 5.41) is 0. The van der Waals surface area contributed by atoms with Crippen molar-refractivity contribution in [3.8, 4) is 11.6 Å². The third-order valence-corrected chi connectivity index (χ3v) is 2.47. The second-order valence-electron chi connectivity index (χ2n) is 3.74. The van der Waals surface area contributed by atoms with E-state index in [1.807, 2.05) is 19.1 Å². The number of aryl methyl sites for hydroxylation is 1. The molecule has 0 bridgehead atoms. The van der Waals surface area contributed by atoms with Gasteiger partial charge in [0, 0.05) is 6.07 Å². The number of hydrogen-bond donors (Lipinski definition) is 1. The molecule has 0 radical (unpaired) electrons. The van der Waals surface area contributed by atoms with Crippen molar-refractivity contribution in [2.24, 2.45) is 0 Å². The number of rotatable bonds is 3. The number of halogens is 2. The number of ether oxygens (including phenoxy) is 1. The van der Waals surface area contributed by atoms with E-state index in [9.17, 15) is 8.78 Å². The van der Waals surface area contributed by atoms with E-state index in [-0.39, 0.29) is 5.88 Å². The first kappa shape index (κ1) is 12.3. The van der Waals surface area contributed by atoms with Crippen molar-refractivity contribution in [1.82, 2.24) is 4.98 Å². The number of benzene rings is 1. The van der Waals surface area contributed by atoms with Crippen LogP contribution in [0.1, 0.15) is 12.5 Å². The summed E-state index contributed by atoms with van der Waals surface area (Å²) in [7, 11) is 0. The molecule has 2 rings (SSSR count). The molecular weight excluding hydrogens is 238 g/mol. The fourth-order valence-electron chi connectivity index (χ4n) is 1.44. The summed E-state index contributed by atoms with van der Waals surface area (Å²) < 4.78 is 31.5. The van der Waals surface area contributed by atoms with E-state index in [2.05, 4.69) is 4.98 Å². The van der Waals surface area contributed by atoms with Crippen molar-refractivity contribution in [2.45, 2.75) is 13.3 Å². The van der Waals surface area contributed by atoms with Crippen molar-refractivity contribution in [3.05, 3.63) is 47.5 Å². The third-order valence-electron chi connectivity index (χ3n) is 2.47. The van der Waals surface area contributed by atoms with Gasteiger partial charge in [-0.2, -0.15) is 4.98 Å². The van der Waals surface area contributed by atoms with Gasteiger partial charge >= 0.3 is 0 Å². The molecule has 1 heterocycles. The van der Waals surface area contributed by atoms with Crippen LogP contribution < -0.4 is 10.5 Å². The first-order valence-electron chi connectivity index (χ1n) is 5.48. The Morgan fingerprint density at radius 3 is 2.44 bits per heavy atom. The first-order valence-corrected chi connectivity index (χ1v) is 5.48. The van der Waals surface area contributed by atoms with Crippen LogP contribution in [0.4, 0.5) is 14.6 Å². The van der Waals surface area contributed by atoms with Crippen LogP contribution in [0.25, 0.3) is 0 Å². The van der Waals surface area contributed by atoms with Gasteiger partial charge in [-0.15, -0.1) is 0 Å². The highest BCUT2D eigenvalue weighted by molar-refractivity contribution is 5.37. The predicted octanol–water partition coefficient (Wildman–Crippen LogP) is 3.30. The monoisotopic (exact) mass is 250 g/mol. The number of anilines is 1. The fraction of sp³-hybridized carbons (Fsp3) is 0.154. The molecule has 0 fully saturated rings. The van der Waals surface area contributed by atoms with Crippen molar-refractivity contribution in [3.63, 3.8) is 0 Å². The van der Waals surface area contributed by atoms with Crippen LogP contribution in [0.2, 0.25) is 0 Å². The van der Waals surface area contributed by atoms with Crippen LogP contribution in [0.15, 0.2) is 30.3 Å². The lowest BCUT2D eigenvalue weighted by Gasteiger charge is -2.07. The molecule has 0 spiro atoms. The zero-order valence-electron chi connectivity index (χ0n) is 9.78. The molecule has 0 aliphatic rings. The predicted molar refractivity (Wildman–Crippen MR) is 64.5 cm³/mol. The molecule has 0 amide bonds. The van der Waals surface area contributed by atoms with E-state index in [0.29, 0.717) is 11.8 Å². The van der Waals surface area contributed by atoms with Crippen molar-refractivity contribution >= 4 is 5.82 Å². The van der Waals surface area contributed by atoms with Gasteiger partial charge in [0.15, 0.2) is 17.5 Å². The summed E-state index contributed by atoms with van der Waals surface area (Å²) in [5.41, 5.74) is 6.39. The molecule has 0 atom stereocenters. The molecular formula is C13H12F2N2O. The van der Waals surface area contributed by atoms with E-state index in [1.165, 1.54) is 0 Å². The molecule has 2 aromatic rings. The summed E-state index contributed by atoms with van der Waals surface area (Å²) in [6.45, 7) is 2.03.